The van der Waals surface area contributed by atoms with E-state index in [1.54, 1.807) is 0 Å². The summed E-state index contributed by atoms with van der Waals surface area (Å²) in [5, 5.41) is 0. The largest absolute Gasteiger partial charge is 0.393 e. The van der Waals surface area contributed by atoms with E-state index in [1.165, 1.54) is 0 Å². The molecule has 9 nitrogen and oxygen atoms in total. The average Bonchev–Trinajstić information content (AvgIpc) is 2.97. The van der Waals surface area contributed by atoms with Gasteiger partial charge in [-0.15, -0.1) is 0 Å². The highest BCUT2D eigenvalue weighted by Crippen LogP contribution is 2.40. The van der Waals surface area contributed by atoms with E-state index in [0.717, 1.165) is 38.5 Å². The molecule has 0 N–H and O–H groups in total. The molecule has 5 rings (SSSR count). The van der Waals surface area contributed by atoms with Crippen LogP contribution in [0.2, 0.25) is 0 Å². The maximum Gasteiger partial charge on any atom is 0.317 e. The molecule has 2 saturated carbocycles. The van der Waals surface area contributed by atoms with Crippen LogP contribution >= 0.6 is 0 Å². The van der Waals surface area contributed by atoms with Crippen LogP contribution in [0.15, 0.2) is 0 Å². The molecular weight excluding hydrogens is 396 g/mol. The minimum absolute atomic E-state index is 0.0718. The molecule has 5 fully saturated rings. The molecule has 0 aromatic heterocycles. The van der Waals surface area contributed by atoms with E-state index in [-0.39, 0.29) is 53.0 Å². The SMILES string of the molecule is CC1(C)CC(=O)OC(=O)C1.O=C1OC(=O)C2CCC12.O=C1OC(=O)C2CCCCC12. The van der Waals surface area contributed by atoms with E-state index in [1.807, 2.05) is 13.8 Å². The first-order valence-corrected chi connectivity index (χ1v) is 10.3. The molecule has 0 amide bonds. The summed E-state index contributed by atoms with van der Waals surface area (Å²) in [6.07, 6.45) is 6.18. The van der Waals surface area contributed by atoms with E-state index in [0.29, 0.717) is 12.8 Å². The van der Waals surface area contributed by atoms with Gasteiger partial charge in [0.1, 0.15) is 0 Å². The van der Waals surface area contributed by atoms with Crippen molar-refractivity contribution in [1.82, 2.24) is 0 Å². The van der Waals surface area contributed by atoms with E-state index in [9.17, 15) is 28.8 Å². The number of esters is 6. The minimum Gasteiger partial charge on any atom is -0.393 e. The summed E-state index contributed by atoms with van der Waals surface area (Å²) in [4.78, 5) is 64.5. The number of fused-ring (bicyclic) bond motifs is 2. The zero-order chi connectivity index (χ0) is 22.1. The van der Waals surface area contributed by atoms with Crippen molar-refractivity contribution in [3.05, 3.63) is 0 Å². The Morgan fingerprint density at radius 3 is 1.20 bits per heavy atom. The van der Waals surface area contributed by atoms with Gasteiger partial charge < -0.3 is 14.2 Å². The van der Waals surface area contributed by atoms with Gasteiger partial charge in [0.2, 0.25) is 0 Å². The van der Waals surface area contributed by atoms with Crippen LogP contribution in [0.4, 0.5) is 0 Å². The lowest BCUT2D eigenvalue weighted by Crippen LogP contribution is -2.30. The van der Waals surface area contributed by atoms with Crippen LogP contribution in [0.5, 0.6) is 0 Å². The Bertz CT molecular complexity index is 721. The van der Waals surface area contributed by atoms with Crippen LogP contribution in [0.25, 0.3) is 0 Å². The second-order valence-electron chi connectivity index (χ2n) is 9.13. The quantitative estimate of drug-likeness (QED) is 0.326. The van der Waals surface area contributed by atoms with Gasteiger partial charge in [-0.25, -0.2) is 0 Å². The third-order valence-electron chi connectivity index (χ3n) is 6.13. The molecule has 3 heterocycles. The fourth-order valence-electron chi connectivity index (χ4n) is 4.30. The summed E-state index contributed by atoms with van der Waals surface area (Å²) >= 11 is 0. The van der Waals surface area contributed by atoms with Gasteiger partial charge in [0.25, 0.3) is 0 Å². The Kier molecular flexibility index (Phi) is 6.38. The number of carbonyl (C=O) groups is 6. The first-order valence-electron chi connectivity index (χ1n) is 10.3. The van der Waals surface area contributed by atoms with Crippen molar-refractivity contribution >= 4 is 35.8 Å². The van der Waals surface area contributed by atoms with E-state index in [4.69, 9.17) is 0 Å². The standard InChI is InChI=1S/C8H10O3.C7H10O3.C6H6O3/c9-7-5-3-1-2-4-6(5)8(10)11-7;1-7(2)3-5(8)10-6(9)4-7;7-5-3-1-2-4(3)6(8)9-5/h5-6H,1-4H2;3-4H2,1-2H3;3-4H,1-2H2. The number of hydrogen-bond donors (Lipinski definition) is 0. The third kappa shape index (κ3) is 4.94. The lowest BCUT2D eigenvalue weighted by Gasteiger charge is -2.25. The predicted molar refractivity (Wildman–Crippen MR) is 98.0 cm³/mol. The third-order valence-corrected chi connectivity index (χ3v) is 6.13. The maximum atomic E-state index is 11.0. The van der Waals surface area contributed by atoms with E-state index in [2.05, 4.69) is 14.2 Å². The van der Waals surface area contributed by atoms with Gasteiger partial charge in [0, 0.05) is 0 Å². The molecule has 3 aliphatic heterocycles. The molecule has 3 saturated heterocycles. The highest BCUT2D eigenvalue weighted by molar-refractivity contribution is 5.98. The lowest BCUT2D eigenvalue weighted by atomic mass is 9.76. The summed E-state index contributed by atoms with van der Waals surface area (Å²) in [6.45, 7) is 3.76. The Morgan fingerprint density at radius 1 is 0.567 bits per heavy atom. The van der Waals surface area contributed by atoms with Crippen molar-refractivity contribution in [2.24, 2.45) is 29.1 Å². The molecular formula is C21H26O9. The maximum absolute atomic E-state index is 11.0. The fraction of sp³-hybridized carbons (Fsp3) is 0.714. The van der Waals surface area contributed by atoms with Gasteiger partial charge in [-0.3, -0.25) is 28.8 Å². The molecule has 30 heavy (non-hydrogen) atoms. The van der Waals surface area contributed by atoms with Gasteiger partial charge in [-0.05, 0) is 31.1 Å². The topological polar surface area (TPSA) is 130 Å². The Hall–Kier alpha value is -2.58. The van der Waals surface area contributed by atoms with Gasteiger partial charge in [-0.2, -0.15) is 0 Å². The fourth-order valence-corrected chi connectivity index (χ4v) is 4.30. The van der Waals surface area contributed by atoms with Crippen LogP contribution < -0.4 is 0 Å². The molecule has 0 aromatic rings. The molecule has 164 valence electrons. The number of hydrogen-bond acceptors (Lipinski definition) is 9. The highest BCUT2D eigenvalue weighted by atomic mass is 16.6. The Labute approximate surface area is 173 Å². The normalized spacial score (nSPS) is 33.4. The van der Waals surface area contributed by atoms with Gasteiger partial charge in [0.05, 0.1) is 36.5 Å². The Balaban J connectivity index is 0.000000129. The van der Waals surface area contributed by atoms with Crippen molar-refractivity contribution in [3.8, 4) is 0 Å². The number of carbonyl (C=O) groups excluding carboxylic acids is 6. The second-order valence-corrected chi connectivity index (χ2v) is 9.13. The van der Waals surface area contributed by atoms with Crippen molar-refractivity contribution in [1.29, 1.82) is 0 Å². The zero-order valence-corrected chi connectivity index (χ0v) is 17.1. The van der Waals surface area contributed by atoms with Crippen molar-refractivity contribution in [2.45, 2.75) is 65.2 Å². The molecule has 0 aromatic carbocycles. The van der Waals surface area contributed by atoms with Crippen LogP contribution in [-0.2, 0) is 43.0 Å². The van der Waals surface area contributed by atoms with E-state index >= 15 is 0 Å². The molecule has 0 spiro atoms. The molecule has 9 heteroatoms. The molecule has 4 atom stereocenters. The number of rotatable bonds is 0. The molecule has 2 aliphatic carbocycles. The lowest BCUT2D eigenvalue weighted by molar-refractivity contribution is -0.168. The van der Waals surface area contributed by atoms with Crippen LogP contribution in [-0.4, -0.2) is 35.8 Å². The molecule has 5 aliphatic rings. The average molecular weight is 422 g/mol. The van der Waals surface area contributed by atoms with Crippen LogP contribution in [0.1, 0.15) is 65.2 Å². The summed E-state index contributed by atoms with van der Waals surface area (Å²) in [7, 11) is 0. The zero-order valence-electron chi connectivity index (χ0n) is 17.1. The van der Waals surface area contributed by atoms with Crippen LogP contribution in [0.3, 0.4) is 0 Å². The van der Waals surface area contributed by atoms with Crippen molar-refractivity contribution < 1.29 is 43.0 Å². The van der Waals surface area contributed by atoms with Crippen molar-refractivity contribution in [2.75, 3.05) is 0 Å². The molecule has 4 unspecified atom stereocenters. The van der Waals surface area contributed by atoms with Crippen molar-refractivity contribution in [3.63, 3.8) is 0 Å². The Morgan fingerprint density at radius 2 is 0.900 bits per heavy atom. The number of ether oxygens (including phenoxy) is 3. The summed E-state index contributed by atoms with van der Waals surface area (Å²) < 4.78 is 13.2. The van der Waals surface area contributed by atoms with E-state index < -0.39 is 11.9 Å². The predicted octanol–water partition coefficient (Wildman–Crippen LogP) is 1.85. The molecule has 0 bridgehead atoms. The van der Waals surface area contributed by atoms with Gasteiger partial charge >= 0.3 is 35.8 Å². The summed E-state index contributed by atoms with van der Waals surface area (Å²) in [6, 6.07) is 0. The highest BCUT2D eigenvalue weighted by Gasteiger charge is 2.50. The summed E-state index contributed by atoms with van der Waals surface area (Å²) in [5.74, 6) is -2.35. The first kappa shape index (κ1) is 22.1. The second kappa shape index (κ2) is 8.65. The van der Waals surface area contributed by atoms with Gasteiger partial charge in [-0.1, -0.05) is 26.7 Å². The summed E-state index contributed by atoms with van der Waals surface area (Å²) in [5.41, 5.74) is -0.202. The first-order chi connectivity index (χ1) is 14.1. The van der Waals surface area contributed by atoms with Crippen LogP contribution in [0, 0.1) is 29.1 Å². The molecule has 0 radical (unpaired) electrons. The van der Waals surface area contributed by atoms with Gasteiger partial charge in [0.15, 0.2) is 0 Å². The number of cyclic esters (lactones) is 6. The monoisotopic (exact) mass is 422 g/mol. The minimum atomic E-state index is -0.402. The smallest absolute Gasteiger partial charge is 0.317 e.